The lowest BCUT2D eigenvalue weighted by Gasteiger charge is -2.06. The van der Waals surface area contributed by atoms with Crippen LogP contribution >= 0.6 is 34.2 Å². The topological polar surface area (TPSA) is 70.9 Å². The van der Waals surface area contributed by atoms with Crippen molar-refractivity contribution in [2.75, 3.05) is 7.11 Å². The van der Waals surface area contributed by atoms with E-state index in [0.29, 0.717) is 25.5 Å². The molecule has 0 saturated heterocycles. The van der Waals surface area contributed by atoms with Crippen LogP contribution in [0, 0.1) is 3.57 Å². The number of hydrogen-bond donors (Lipinski definition) is 2. The van der Waals surface area contributed by atoms with Gasteiger partial charge in [0.25, 0.3) is 5.91 Å². The Labute approximate surface area is 146 Å². The van der Waals surface area contributed by atoms with Crippen LogP contribution in [-0.4, -0.2) is 24.3 Å². The Morgan fingerprint density at radius 1 is 1.41 bits per heavy atom. The van der Waals surface area contributed by atoms with E-state index in [-0.39, 0.29) is 11.7 Å². The SMILES string of the molecule is COc1cc(/C=N\NC(=O)c2cccc(Cl)c2)cc(I)c1O. The maximum Gasteiger partial charge on any atom is 0.271 e. The van der Waals surface area contributed by atoms with Gasteiger partial charge in [-0.25, -0.2) is 5.43 Å². The van der Waals surface area contributed by atoms with Crippen molar-refractivity contribution >= 4 is 46.3 Å². The summed E-state index contributed by atoms with van der Waals surface area (Å²) in [5.41, 5.74) is 3.52. The van der Waals surface area contributed by atoms with Crippen LogP contribution in [0.1, 0.15) is 15.9 Å². The third-order valence-electron chi connectivity index (χ3n) is 2.74. The average Bonchev–Trinajstić information content (AvgIpc) is 2.50. The minimum atomic E-state index is -0.362. The van der Waals surface area contributed by atoms with Gasteiger partial charge in [-0.05, 0) is 58.5 Å². The Bertz CT molecular complexity index is 735. The molecule has 0 radical (unpaired) electrons. The quantitative estimate of drug-likeness (QED) is 0.444. The fourth-order valence-corrected chi connectivity index (χ4v) is 2.50. The smallest absolute Gasteiger partial charge is 0.271 e. The summed E-state index contributed by atoms with van der Waals surface area (Å²) in [5, 5.41) is 14.1. The van der Waals surface area contributed by atoms with Gasteiger partial charge in [0.05, 0.1) is 16.9 Å². The van der Waals surface area contributed by atoms with E-state index in [9.17, 15) is 9.90 Å². The third kappa shape index (κ3) is 4.11. The molecule has 0 spiro atoms. The van der Waals surface area contributed by atoms with E-state index in [0.717, 1.165) is 0 Å². The van der Waals surface area contributed by atoms with Gasteiger partial charge in [-0.3, -0.25) is 4.79 Å². The van der Waals surface area contributed by atoms with Crippen LogP contribution in [0.3, 0.4) is 0 Å². The number of aromatic hydroxyl groups is 1. The number of phenolic OH excluding ortho intramolecular Hbond substituents is 1. The molecule has 0 aliphatic rings. The van der Waals surface area contributed by atoms with Crippen molar-refractivity contribution < 1.29 is 14.6 Å². The molecule has 0 heterocycles. The van der Waals surface area contributed by atoms with Crippen LogP contribution in [-0.2, 0) is 0 Å². The summed E-state index contributed by atoms with van der Waals surface area (Å²) in [7, 11) is 1.47. The number of hydrogen-bond acceptors (Lipinski definition) is 4. The normalized spacial score (nSPS) is 10.7. The van der Waals surface area contributed by atoms with Crippen molar-refractivity contribution in [1.82, 2.24) is 5.43 Å². The predicted molar refractivity (Wildman–Crippen MR) is 93.9 cm³/mol. The minimum Gasteiger partial charge on any atom is -0.504 e. The van der Waals surface area contributed by atoms with E-state index in [1.54, 1.807) is 36.4 Å². The second-order valence-corrected chi connectivity index (χ2v) is 5.86. The number of benzene rings is 2. The Balaban J connectivity index is 2.10. The highest BCUT2D eigenvalue weighted by Gasteiger charge is 2.08. The first-order valence-corrected chi connectivity index (χ1v) is 7.62. The fourth-order valence-electron chi connectivity index (χ4n) is 1.68. The largest absolute Gasteiger partial charge is 0.504 e. The van der Waals surface area contributed by atoms with Gasteiger partial charge in [-0.2, -0.15) is 5.10 Å². The van der Waals surface area contributed by atoms with Gasteiger partial charge in [0.2, 0.25) is 0 Å². The van der Waals surface area contributed by atoms with Gasteiger partial charge in [0, 0.05) is 10.6 Å². The summed E-state index contributed by atoms with van der Waals surface area (Å²) >= 11 is 7.81. The first-order valence-electron chi connectivity index (χ1n) is 6.16. The molecule has 2 aromatic rings. The van der Waals surface area contributed by atoms with Gasteiger partial charge in [-0.1, -0.05) is 17.7 Å². The average molecular weight is 431 g/mol. The van der Waals surface area contributed by atoms with Gasteiger partial charge in [-0.15, -0.1) is 0 Å². The van der Waals surface area contributed by atoms with Crippen molar-refractivity contribution in [3.05, 3.63) is 56.1 Å². The number of carbonyl (C=O) groups is 1. The molecule has 0 bridgehead atoms. The number of ether oxygens (including phenoxy) is 1. The van der Waals surface area contributed by atoms with Crippen LogP contribution in [0.2, 0.25) is 5.02 Å². The summed E-state index contributed by atoms with van der Waals surface area (Å²) in [6.07, 6.45) is 1.46. The van der Waals surface area contributed by atoms with Crippen LogP contribution in [0.15, 0.2) is 41.5 Å². The molecule has 0 atom stereocenters. The highest BCUT2D eigenvalue weighted by atomic mass is 127. The van der Waals surface area contributed by atoms with E-state index in [1.165, 1.54) is 13.3 Å². The number of rotatable bonds is 4. The molecule has 7 heteroatoms. The number of phenols is 1. The zero-order chi connectivity index (χ0) is 16.1. The van der Waals surface area contributed by atoms with Crippen molar-refractivity contribution in [2.45, 2.75) is 0 Å². The zero-order valence-corrected chi connectivity index (χ0v) is 14.4. The number of halogens is 2. The standard InChI is InChI=1S/C15H12ClIN2O3/c1-22-13-6-9(5-12(17)14(13)20)8-18-19-15(21)10-3-2-4-11(16)7-10/h2-8,20H,1H3,(H,19,21)/b18-8-. The minimum absolute atomic E-state index is 0.0724. The molecule has 2 aromatic carbocycles. The molecule has 0 fully saturated rings. The van der Waals surface area contributed by atoms with Gasteiger partial charge in [0.15, 0.2) is 11.5 Å². The summed E-state index contributed by atoms with van der Waals surface area (Å²) in [6.45, 7) is 0. The number of methoxy groups -OCH3 is 1. The summed E-state index contributed by atoms with van der Waals surface area (Å²) in [6, 6.07) is 9.91. The van der Waals surface area contributed by atoms with Gasteiger partial charge >= 0.3 is 0 Å². The number of amides is 1. The van der Waals surface area contributed by atoms with E-state index in [4.69, 9.17) is 16.3 Å². The maximum atomic E-state index is 11.9. The highest BCUT2D eigenvalue weighted by molar-refractivity contribution is 14.1. The lowest BCUT2D eigenvalue weighted by atomic mass is 10.2. The Morgan fingerprint density at radius 2 is 2.18 bits per heavy atom. The number of nitrogens with zero attached hydrogens (tertiary/aromatic N) is 1. The van der Waals surface area contributed by atoms with Crippen LogP contribution in [0.5, 0.6) is 11.5 Å². The van der Waals surface area contributed by atoms with Crippen molar-refractivity contribution in [1.29, 1.82) is 0 Å². The molecular weight excluding hydrogens is 419 g/mol. The zero-order valence-electron chi connectivity index (χ0n) is 11.5. The summed E-state index contributed by atoms with van der Waals surface area (Å²) in [5.74, 6) is 0.0527. The highest BCUT2D eigenvalue weighted by Crippen LogP contribution is 2.31. The summed E-state index contributed by atoms with van der Waals surface area (Å²) in [4.78, 5) is 11.9. The first kappa shape index (κ1) is 16.6. The van der Waals surface area contributed by atoms with E-state index >= 15 is 0 Å². The van der Waals surface area contributed by atoms with E-state index in [2.05, 4.69) is 10.5 Å². The molecule has 1 amide bonds. The molecule has 2 N–H and O–H groups in total. The molecule has 0 aliphatic heterocycles. The Hall–Kier alpha value is -1.80. The fraction of sp³-hybridized carbons (Fsp3) is 0.0667. The molecule has 22 heavy (non-hydrogen) atoms. The molecular formula is C15H12ClIN2O3. The molecule has 0 aliphatic carbocycles. The maximum absolute atomic E-state index is 11.9. The second kappa shape index (κ2) is 7.46. The van der Waals surface area contributed by atoms with Crippen molar-refractivity contribution in [3.8, 4) is 11.5 Å². The van der Waals surface area contributed by atoms with Crippen molar-refractivity contribution in [2.24, 2.45) is 5.10 Å². The predicted octanol–water partition coefficient (Wildman–Crippen LogP) is 3.42. The van der Waals surface area contributed by atoms with Gasteiger partial charge in [0.1, 0.15) is 0 Å². The van der Waals surface area contributed by atoms with Crippen LogP contribution in [0.25, 0.3) is 0 Å². The van der Waals surface area contributed by atoms with E-state index < -0.39 is 0 Å². The molecule has 0 unspecified atom stereocenters. The van der Waals surface area contributed by atoms with Crippen LogP contribution < -0.4 is 10.2 Å². The van der Waals surface area contributed by atoms with Gasteiger partial charge < -0.3 is 9.84 Å². The number of carbonyl (C=O) groups excluding carboxylic acids is 1. The molecule has 5 nitrogen and oxygen atoms in total. The molecule has 114 valence electrons. The van der Waals surface area contributed by atoms with E-state index in [1.807, 2.05) is 22.6 Å². The van der Waals surface area contributed by atoms with Crippen LogP contribution in [0.4, 0.5) is 0 Å². The number of nitrogens with one attached hydrogen (secondary N) is 1. The summed E-state index contributed by atoms with van der Waals surface area (Å²) < 4.78 is 5.68. The lowest BCUT2D eigenvalue weighted by molar-refractivity contribution is 0.0955. The Kier molecular flexibility index (Phi) is 5.62. The second-order valence-electron chi connectivity index (χ2n) is 4.26. The molecule has 0 aromatic heterocycles. The monoisotopic (exact) mass is 430 g/mol. The number of hydrazone groups is 1. The lowest BCUT2D eigenvalue weighted by Crippen LogP contribution is -2.17. The first-order chi connectivity index (χ1) is 10.5. The Morgan fingerprint density at radius 3 is 2.86 bits per heavy atom. The molecule has 0 saturated carbocycles. The third-order valence-corrected chi connectivity index (χ3v) is 3.79. The molecule has 2 rings (SSSR count). The van der Waals surface area contributed by atoms with Crippen molar-refractivity contribution in [3.63, 3.8) is 0 Å².